The second-order valence-electron chi connectivity index (χ2n) is 3.63. The Balaban J connectivity index is 2.65. The minimum Gasteiger partial charge on any atom is -0.356 e. The molecule has 0 heterocycles. The number of hydrogen-bond acceptors (Lipinski definition) is 3. The van der Waals surface area contributed by atoms with E-state index in [-0.39, 0.29) is 6.10 Å². The molecular formula is C10H15NO2. The van der Waals surface area contributed by atoms with Gasteiger partial charge in [0.15, 0.2) is 11.4 Å². The van der Waals surface area contributed by atoms with Crippen molar-refractivity contribution in [1.29, 1.82) is 0 Å². The second-order valence-corrected chi connectivity index (χ2v) is 3.63. The molecule has 0 aromatic carbocycles. The number of nitrogens with zero attached hydrogens (tertiary/aromatic N) is 1. The van der Waals surface area contributed by atoms with Gasteiger partial charge in [0.2, 0.25) is 0 Å². The molecule has 0 bridgehead atoms. The van der Waals surface area contributed by atoms with E-state index in [0.29, 0.717) is 5.92 Å². The maximum absolute atomic E-state index is 9.97. The summed E-state index contributed by atoms with van der Waals surface area (Å²) < 4.78 is 0. The Bertz CT molecular complexity index is 245. The summed E-state index contributed by atoms with van der Waals surface area (Å²) in [5.41, 5.74) is 2.24. The van der Waals surface area contributed by atoms with Crippen LogP contribution in [-0.2, 0) is 4.84 Å². The van der Waals surface area contributed by atoms with Crippen molar-refractivity contribution in [3.05, 3.63) is 28.7 Å². The number of hydrogen-bond donors (Lipinski definition) is 0. The lowest BCUT2D eigenvalue weighted by molar-refractivity contribution is 0.0612. The predicted octanol–water partition coefficient (Wildman–Crippen LogP) is 2.99. The van der Waals surface area contributed by atoms with Crippen LogP contribution in [0.5, 0.6) is 0 Å². The molecule has 1 aliphatic carbocycles. The Labute approximate surface area is 78.4 Å². The van der Waals surface area contributed by atoms with Crippen LogP contribution in [0.1, 0.15) is 26.7 Å². The third-order valence-electron chi connectivity index (χ3n) is 2.60. The Morgan fingerprint density at radius 1 is 1.77 bits per heavy atom. The van der Waals surface area contributed by atoms with Gasteiger partial charge in [0.25, 0.3) is 0 Å². The van der Waals surface area contributed by atoms with Crippen molar-refractivity contribution in [3.8, 4) is 0 Å². The normalized spacial score (nSPS) is 27.7. The van der Waals surface area contributed by atoms with Gasteiger partial charge >= 0.3 is 0 Å². The molecule has 0 aromatic rings. The summed E-state index contributed by atoms with van der Waals surface area (Å²) in [4.78, 5) is 14.7. The van der Waals surface area contributed by atoms with Gasteiger partial charge in [-0.25, -0.2) is 0 Å². The topological polar surface area (TPSA) is 38.7 Å². The third-order valence-corrected chi connectivity index (χ3v) is 2.60. The molecule has 0 amide bonds. The van der Waals surface area contributed by atoms with Crippen LogP contribution in [0.15, 0.2) is 29.1 Å². The van der Waals surface area contributed by atoms with Gasteiger partial charge in [0.05, 0.1) is 0 Å². The zero-order chi connectivity index (χ0) is 9.84. The summed E-state index contributed by atoms with van der Waals surface area (Å²) in [6.07, 6.45) is 3.77. The van der Waals surface area contributed by atoms with Crippen molar-refractivity contribution in [3.63, 3.8) is 0 Å². The summed E-state index contributed by atoms with van der Waals surface area (Å²) in [5.74, 6) is 0.426. The van der Waals surface area contributed by atoms with E-state index in [9.17, 15) is 4.91 Å². The van der Waals surface area contributed by atoms with Crippen molar-refractivity contribution in [1.82, 2.24) is 0 Å². The summed E-state index contributed by atoms with van der Waals surface area (Å²) in [7, 11) is 0. The molecule has 13 heavy (non-hydrogen) atoms. The van der Waals surface area contributed by atoms with Gasteiger partial charge in [-0.15, -0.1) is 4.91 Å². The van der Waals surface area contributed by atoms with E-state index in [1.165, 1.54) is 0 Å². The molecular weight excluding hydrogens is 166 g/mol. The summed E-state index contributed by atoms with van der Waals surface area (Å²) >= 11 is 0. The molecule has 0 unspecified atom stereocenters. The fourth-order valence-electron chi connectivity index (χ4n) is 1.58. The first-order valence-corrected chi connectivity index (χ1v) is 4.45. The van der Waals surface area contributed by atoms with Gasteiger partial charge in [-0.2, -0.15) is 0 Å². The van der Waals surface area contributed by atoms with Crippen LogP contribution >= 0.6 is 0 Å². The van der Waals surface area contributed by atoms with E-state index in [2.05, 4.69) is 18.0 Å². The highest BCUT2D eigenvalue weighted by Gasteiger charge is 2.24. The molecule has 0 aromatic heterocycles. The van der Waals surface area contributed by atoms with Gasteiger partial charge in [0.1, 0.15) is 0 Å². The van der Waals surface area contributed by atoms with E-state index >= 15 is 0 Å². The fraction of sp³-hybridized carbons (Fsp3) is 0.600. The number of allylic oxidation sites excluding steroid dienone is 2. The predicted molar refractivity (Wildman–Crippen MR) is 52.0 cm³/mol. The van der Waals surface area contributed by atoms with Crippen molar-refractivity contribution in [2.45, 2.75) is 32.8 Å². The molecule has 0 aliphatic heterocycles. The molecule has 0 N–H and O–H groups in total. The molecule has 0 fully saturated rings. The highest BCUT2D eigenvalue weighted by atomic mass is 16.7. The molecule has 3 heteroatoms. The second kappa shape index (κ2) is 4.21. The van der Waals surface area contributed by atoms with Crippen molar-refractivity contribution in [2.75, 3.05) is 0 Å². The van der Waals surface area contributed by atoms with Crippen molar-refractivity contribution in [2.24, 2.45) is 11.3 Å². The zero-order valence-electron chi connectivity index (χ0n) is 8.12. The Morgan fingerprint density at radius 3 is 3.00 bits per heavy atom. The molecule has 0 saturated heterocycles. The van der Waals surface area contributed by atoms with Crippen LogP contribution in [0, 0.1) is 10.8 Å². The van der Waals surface area contributed by atoms with E-state index in [1.54, 1.807) is 0 Å². The summed E-state index contributed by atoms with van der Waals surface area (Å²) in [6, 6.07) is 0. The van der Waals surface area contributed by atoms with Crippen LogP contribution in [0.25, 0.3) is 0 Å². The molecule has 1 aliphatic rings. The smallest absolute Gasteiger partial charge is 0.155 e. The van der Waals surface area contributed by atoms with Crippen LogP contribution < -0.4 is 0 Å². The first-order valence-electron chi connectivity index (χ1n) is 4.45. The van der Waals surface area contributed by atoms with Crippen LogP contribution in [0.4, 0.5) is 0 Å². The molecule has 3 nitrogen and oxygen atoms in total. The molecule has 0 spiro atoms. The van der Waals surface area contributed by atoms with E-state index in [0.717, 1.165) is 24.0 Å². The lowest BCUT2D eigenvalue weighted by Gasteiger charge is -2.25. The first-order chi connectivity index (χ1) is 6.15. The maximum Gasteiger partial charge on any atom is 0.155 e. The zero-order valence-corrected chi connectivity index (χ0v) is 8.12. The van der Waals surface area contributed by atoms with Crippen LogP contribution in [0.2, 0.25) is 0 Å². The van der Waals surface area contributed by atoms with Gasteiger partial charge in [-0.05, 0) is 38.2 Å². The molecule has 0 saturated carbocycles. The highest BCUT2D eigenvalue weighted by molar-refractivity contribution is 5.14. The lowest BCUT2D eigenvalue weighted by atomic mass is 9.84. The van der Waals surface area contributed by atoms with Crippen LogP contribution in [0.3, 0.4) is 0 Å². The molecule has 2 atom stereocenters. The van der Waals surface area contributed by atoms with Gasteiger partial charge < -0.3 is 4.84 Å². The lowest BCUT2D eigenvalue weighted by Crippen LogP contribution is -2.21. The Hall–Kier alpha value is -1.12. The minimum atomic E-state index is -0.145. The largest absolute Gasteiger partial charge is 0.356 e. The quantitative estimate of drug-likeness (QED) is 0.381. The summed E-state index contributed by atoms with van der Waals surface area (Å²) in [6.45, 7) is 7.87. The molecule has 1 rings (SSSR count). The van der Waals surface area contributed by atoms with Gasteiger partial charge in [-0.1, -0.05) is 18.2 Å². The highest BCUT2D eigenvalue weighted by Crippen LogP contribution is 2.30. The van der Waals surface area contributed by atoms with E-state index in [1.807, 2.05) is 13.8 Å². The Morgan fingerprint density at radius 2 is 2.46 bits per heavy atom. The van der Waals surface area contributed by atoms with Crippen LogP contribution in [-0.4, -0.2) is 6.10 Å². The maximum atomic E-state index is 9.97. The first kappa shape index (κ1) is 9.96. The molecule has 0 radical (unpaired) electrons. The monoisotopic (exact) mass is 181 g/mol. The average molecular weight is 181 g/mol. The third kappa shape index (κ3) is 2.41. The van der Waals surface area contributed by atoms with E-state index < -0.39 is 0 Å². The summed E-state index contributed by atoms with van der Waals surface area (Å²) in [5, 5.41) is 2.48. The van der Waals surface area contributed by atoms with E-state index in [4.69, 9.17) is 4.84 Å². The minimum absolute atomic E-state index is 0.145. The SMILES string of the molecule is C=C(C)[C@H]1CC=C(C)[C@H](ON=O)C1. The number of rotatable bonds is 3. The van der Waals surface area contributed by atoms with Gasteiger partial charge in [0, 0.05) is 0 Å². The average Bonchev–Trinajstić information content (AvgIpc) is 2.08. The van der Waals surface area contributed by atoms with Gasteiger partial charge in [-0.3, -0.25) is 0 Å². The fourth-order valence-corrected chi connectivity index (χ4v) is 1.58. The van der Waals surface area contributed by atoms with Crippen molar-refractivity contribution >= 4 is 0 Å². The molecule has 72 valence electrons. The Kier molecular flexibility index (Phi) is 3.23. The van der Waals surface area contributed by atoms with Crippen molar-refractivity contribution < 1.29 is 4.84 Å². The standard InChI is InChI=1S/C10H15NO2/c1-7(2)9-5-4-8(3)10(6-9)13-11-12/h4,9-10H,1,5-6H2,2-3H3/t9-,10+/m0/s1.